The molecule has 1 atom stereocenters. The molecule has 0 saturated carbocycles. The summed E-state index contributed by atoms with van der Waals surface area (Å²) in [6, 6.07) is 0. The van der Waals surface area contributed by atoms with Gasteiger partial charge in [0.15, 0.2) is 5.96 Å². The second-order valence-electron chi connectivity index (χ2n) is 5.88. The van der Waals surface area contributed by atoms with E-state index in [-0.39, 0.29) is 5.54 Å². The summed E-state index contributed by atoms with van der Waals surface area (Å²) in [6.07, 6.45) is 2.36. The van der Waals surface area contributed by atoms with Crippen molar-refractivity contribution in [2.45, 2.75) is 39.2 Å². The van der Waals surface area contributed by atoms with Crippen LogP contribution in [-0.2, 0) is 0 Å². The molecular formula is C12H23N3S. The normalized spacial score (nSPS) is 33.2. The summed E-state index contributed by atoms with van der Waals surface area (Å²) in [4.78, 5) is 6.85. The highest BCUT2D eigenvalue weighted by Crippen LogP contribution is 2.44. The van der Waals surface area contributed by atoms with E-state index in [2.05, 4.69) is 42.4 Å². The molecule has 0 aromatic heterocycles. The Morgan fingerprint density at radius 3 is 2.81 bits per heavy atom. The van der Waals surface area contributed by atoms with Crippen molar-refractivity contribution in [1.29, 1.82) is 0 Å². The van der Waals surface area contributed by atoms with Crippen LogP contribution in [-0.4, -0.2) is 41.0 Å². The van der Waals surface area contributed by atoms with Crippen molar-refractivity contribution < 1.29 is 0 Å². The highest BCUT2D eigenvalue weighted by atomic mass is 32.2. The summed E-state index contributed by atoms with van der Waals surface area (Å²) >= 11 is 2.06. The molecule has 92 valence electrons. The number of aliphatic imine (C=N–C) groups is 1. The minimum Gasteiger partial charge on any atom is -0.370 e. The fraction of sp³-hybridized carbons (Fsp3) is 0.917. The molecule has 0 aliphatic carbocycles. The minimum absolute atomic E-state index is 0.215. The number of guanidine groups is 1. The first-order chi connectivity index (χ1) is 7.49. The number of nitrogens with two attached hydrogens (primary N) is 1. The van der Waals surface area contributed by atoms with Crippen LogP contribution in [0.1, 0.15) is 33.6 Å². The SMILES string of the molecule is CCCN1C(N)=NCC12CSCC(C)(C)C2. The third kappa shape index (κ3) is 2.04. The van der Waals surface area contributed by atoms with Crippen LogP contribution in [0.2, 0.25) is 0 Å². The molecule has 1 fully saturated rings. The molecule has 4 heteroatoms. The Hall–Kier alpha value is -0.380. The van der Waals surface area contributed by atoms with Gasteiger partial charge >= 0.3 is 0 Å². The number of nitrogens with zero attached hydrogens (tertiary/aromatic N) is 2. The second-order valence-corrected chi connectivity index (χ2v) is 6.87. The van der Waals surface area contributed by atoms with Gasteiger partial charge in [0.1, 0.15) is 0 Å². The number of hydrogen-bond donors (Lipinski definition) is 1. The maximum absolute atomic E-state index is 6.03. The zero-order valence-corrected chi connectivity index (χ0v) is 11.4. The van der Waals surface area contributed by atoms with Gasteiger partial charge in [-0.25, -0.2) is 0 Å². The average molecular weight is 241 g/mol. The topological polar surface area (TPSA) is 41.6 Å². The van der Waals surface area contributed by atoms with Crippen molar-refractivity contribution in [3.63, 3.8) is 0 Å². The van der Waals surface area contributed by atoms with E-state index < -0.39 is 0 Å². The molecule has 0 aromatic carbocycles. The van der Waals surface area contributed by atoms with Gasteiger partial charge in [0.05, 0.1) is 12.1 Å². The molecule has 1 saturated heterocycles. The molecule has 2 heterocycles. The number of rotatable bonds is 2. The first-order valence-corrected chi connectivity index (χ1v) is 7.30. The van der Waals surface area contributed by atoms with E-state index >= 15 is 0 Å². The summed E-state index contributed by atoms with van der Waals surface area (Å²) in [5.74, 6) is 3.20. The third-order valence-electron chi connectivity index (χ3n) is 3.50. The van der Waals surface area contributed by atoms with Crippen LogP contribution >= 0.6 is 11.8 Å². The molecule has 0 bridgehead atoms. The lowest BCUT2D eigenvalue weighted by molar-refractivity contribution is 0.148. The molecule has 0 radical (unpaired) electrons. The molecule has 0 aromatic rings. The Morgan fingerprint density at radius 1 is 1.44 bits per heavy atom. The minimum atomic E-state index is 0.215. The highest BCUT2D eigenvalue weighted by Gasteiger charge is 2.47. The summed E-state index contributed by atoms with van der Waals surface area (Å²) in [5.41, 5.74) is 6.65. The smallest absolute Gasteiger partial charge is 0.191 e. The molecule has 1 spiro atoms. The number of hydrogen-bond acceptors (Lipinski definition) is 4. The lowest BCUT2D eigenvalue weighted by Crippen LogP contribution is -2.57. The predicted octanol–water partition coefficient (Wildman–Crippen LogP) is 1.93. The van der Waals surface area contributed by atoms with E-state index in [1.54, 1.807) is 0 Å². The van der Waals surface area contributed by atoms with Gasteiger partial charge < -0.3 is 10.6 Å². The van der Waals surface area contributed by atoms with Crippen molar-refractivity contribution in [2.24, 2.45) is 16.1 Å². The van der Waals surface area contributed by atoms with Crippen LogP contribution in [0.15, 0.2) is 4.99 Å². The van der Waals surface area contributed by atoms with Gasteiger partial charge in [-0.3, -0.25) is 4.99 Å². The Balaban J connectivity index is 2.18. The molecule has 16 heavy (non-hydrogen) atoms. The average Bonchev–Trinajstić information content (AvgIpc) is 2.46. The molecule has 3 nitrogen and oxygen atoms in total. The van der Waals surface area contributed by atoms with Crippen molar-refractivity contribution in [3.05, 3.63) is 0 Å². The summed E-state index contributed by atoms with van der Waals surface area (Å²) in [7, 11) is 0. The summed E-state index contributed by atoms with van der Waals surface area (Å²) < 4.78 is 0. The maximum atomic E-state index is 6.03. The number of thioether (sulfide) groups is 1. The van der Waals surface area contributed by atoms with Crippen molar-refractivity contribution >= 4 is 17.7 Å². The van der Waals surface area contributed by atoms with Crippen LogP contribution in [0.3, 0.4) is 0 Å². The molecule has 2 aliphatic heterocycles. The van der Waals surface area contributed by atoms with Crippen LogP contribution in [0, 0.1) is 5.41 Å². The predicted molar refractivity (Wildman–Crippen MR) is 71.9 cm³/mol. The lowest BCUT2D eigenvalue weighted by Gasteiger charge is -2.47. The molecule has 0 amide bonds. The van der Waals surface area contributed by atoms with E-state index in [4.69, 9.17) is 5.73 Å². The fourth-order valence-corrected chi connectivity index (χ4v) is 4.49. The largest absolute Gasteiger partial charge is 0.370 e. The molecule has 2 rings (SSSR count). The van der Waals surface area contributed by atoms with E-state index in [1.165, 1.54) is 17.9 Å². The van der Waals surface area contributed by atoms with Gasteiger partial charge in [0, 0.05) is 12.3 Å². The Labute approximate surface area is 103 Å². The third-order valence-corrected chi connectivity index (χ3v) is 5.23. The van der Waals surface area contributed by atoms with Crippen LogP contribution in [0.5, 0.6) is 0 Å². The molecule has 1 unspecified atom stereocenters. The van der Waals surface area contributed by atoms with Gasteiger partial charge in [0.2, 0.25) is 0 Å². The second kappa shape index (κ2) is 4.13. The Morgan fingerprint density at radius 2 is 2.19 bits per heavy atom. The summed E-state index contributed by atoms with van der Waals surface area (Å²) in [6.45, 7) is 8.88. The van der Waals surface area contributed by atoms with E-state index in [0.29, 0.717) is 5.41 Å². The maximum Gasteiger partial charge on any atom is 0.191 e. The van der Waals surface area contributed by atoms with Crippen LogP contribution in [0.25, 0.3) is 0 Å². The molecular weight excluding hydrogens is 218 g/mol. The van der Waals surface area contributed by atoms with Gasteiger partial charge in [-0.05, 0) is 24.0 Å². The zero-order valence-electron chi connectivity index (χ0n) is 10.6. The van der Waals surface area contributed by atoms with Crippen LogP contribution in [0.4, 0.5) is 0 Å². The first-order valence-electron chi connectivity index (χ1n) is 6.14. The van der Waals surface area contributed by atoms with Crippen molar-refractivity contribution in [2.75, 3.05) is 24.6 Å². The van der Waals surface area contributed by atoms with Gasteiger partial charge in [-0.2, -0.15) is 11.8 Å². The summed E-state index contributed by atoms with van der Waals surface area (Å²) in [5, 5.41) is 0. The van der Waals surface area contributed by atoms with Gasteiger partial charge in [-0.1, -0.05) is 20.8 Å². The quantitative estimate of drug-likeness (QED) is 0.803. The van der Waals surface area contributed by atoms with Gasteiger partial charge in [0.25, 0.3) is 0 Å². The zero-order chi connectivity index (χ0) is 11.8. The molecule has 2 aliphatic rings. The van der Waals surface area contributed by atoms with E-state index in [1.807, 2.05) is 0 Å². The van der Waals surface area contributed by atoms with Gasteiger partial charge in [-0.15, -0.1) is 0 Å². The first kappa shape index (κ1) is 12.1. The standard InChI is InChI=1S/C12H23N3S/c1-4-5-15-10(13)14-7-12(15)6-11(2,3)8-16-9-12/h4-9H2,1-3H3,(H2,13,14). The van der Waals surface area contributed by atoms with Crippen LogP contribution < -0.4 is 5.73 Å². The Bertz CT molecular complexity index is 301. The molecule has 2 N–H and O–H groups in total. The monoisotopic (exact) mass is 241 g/mol. The van der Waals surface area contributed by atoms with E-state index in [0.717, 1.165) is 25.5 Å². The van der Waals surface area contributed by atoms with E-state index in [9.17, 15) is 0 Å². The Kier molecular flexibility index (Phi) is 3.12. The highest BCUT2D eigenvalue weighted by molar-refractivity contribution is 7.99. The van der Waals surface area contributed by atoms with Crippen molar-refractivity contribution in [3.8, 4) is 0 Å². The fourth-order valence-electron chi connectivity index (χ4n) is 3.00. The van der Waals surface area contributed by atoms with Crippen molar-refractivity contribution in [1.82, 2.24) is 4.90 Å². The lowest BCUT2D eigenvalue weighted by atomic mass is 9.79.